The van der Waals surface area contributed by atoms with E-state index >= 15 is 0 Å². The number of ether oxygens (including phenoxy) is 3. The number of aliphatic hydroxyl groups excluding tert-OH is 1. The topological polar surface area (TPSA) is 159 Å². The summed E-state index contributed by atoms with van der Waals surface area (Å²) < 4.78 is 45.4. The number of hydrogen-bond acceptors (Lipinski definition) is 11. The Morgan fingerprint density at radius 1 is 0.886 bits per heavy atom. The van der Waals surface area contributed by atoms with Crippen LogP contribution in [0.15, 0.2) is 72.1 Å². The molecule has 0 saturated heterocycles. The van der Waals surface area contributed by atoms with Crippen LogP contribution in [0, 0.1) is 0 Å². The number of anilines is 1. The van der Waals surface area contributed by atoms with Gasteiger partial charge in [0.25, 0.3) is 15.9 Å². The average Bonchev–Trinajstić information content (AvgIpc) is 2.89. The second-order valence-corrected chi connectivity index (χ2v) is 8.33. The lowest BCUT2D eigenvalue weighted by atomic mass is 10.3. The van der Waals surface area contributed by atoms with E-state index in [0.717, 1.165) is 0 Å². The highest BCUT2D eigenvalue weighted by Gasteiger charge is 2.26. The first-order valence-corrected chi connectivity index (χ1v) is 11.7. The summed E-state index contributed by atoms with van der Waals surface area (Å²) in [5.41, 5.74) is 0. The van der Waals surface area contributed by atoms with Crippen molar-refractivity contribution in [2.45, 2.75) is 5.03 Å². The molecule has 4 rings (SSSR count). The van der Waals surface area contributed by atoms with Gasteiger partial charge in [-0.15, -0.1) is 0 Å². The number of aromatic nitrogens is 5. The van der Waals surface area contributed by atoms with Crippen molar-refractivity contribution in [2.75, 3.05) is 25.0 Å². The number of methoxy groups -OCH3 is 1. The minimum Gasteiger partial charge on any atom is -0.493 e. The summed E-state index contributed by atoms with van der Waals surface area (Å²) in [6, 6.07) is 12.8. The Bertz CT molecular complexity index is 1390. The lowest BCUT2D eigenvalue weighted by Gasteiger charge is -2.17. The summed E-state index contributed by atoms with van der Waals surface area (Å²) in [7, 11) is -2.73. The number of rotatable bonds is 10. The minimum absolute atomic E-state index is 0.0374. The van der Waals surface area contributed by atoms with Crippen molar-refractivity contribution in [3.8, 4) is 34.8 Å². The molecule has 13 heteroatoms. The molecule has 12 nitrogen and oxygen atoms in total. The maximum absolute atomic E-state index is 13.1. The summed E-state index contributed by atoms with van der Waals surface area (Å²) in [6.07, 6.45) is 4.31. The van der Waals surface area contributed by atoms with Crippen LogP contribution in [0.4, 0.5) is 5.82 Å². The SMILES string of the molecule is COc1ccccc1Oc1c(NS(=O)(=O)c2ccccn2)nc(-c2ncccn2)nc1OCCO. The fourth-order valence-corrected chi connectivity index (χ4v) is 3.80. The van der Waals surface area contributed by atoms with Crippen LogP contribution in [0.5, 0.6) is 23.1 Å². The molecule has 0 atom stereocenters. The van der Waals surface area contributed by atoms with Gasteiger partial charge in [-0.3, -0.25) is 4.72 Å². The molecule has 3 heterocycles. The van der Waals surface area contributed by atoms with E-state index < -0.39 is 10.0 Å². The molecule has 0 aliphatic heterocycles. The predicted molar refractivity (Wildman–Crippen MR) is 124 cm³/mol. The second kappa shape index (κ2) is 10.7. The zero-order valence-corrected chi connectivity index (χ0v) is 19.2. The normalized spacial score (nSPS) is 11.0. The lowest BCUT2D eigenvalue weighted by molar-refractivity contribution is 0.192. The molecule has 4 aromatic rings. The zero-order chi connectivity index (χ0) is 24.7. The lowest BCUT2D eigenvalue weighted by Crippen LogP contribution is -2.17. The number of nitrogens with one attached hydrogen (secondary N) is 1. The van der Waals surface area contributed by atoms with Gasteiger partial charge in [-0.05, 0) is 30.3 Å². The zero-order valence-electron chi connectivity index (χ0n) is 18.4. The van der Waals surface area contributed by atoms with Gasteiger partial charge in [-0.25, -0.2) is 19.9 Å². The first kappa shape index (κ1) is 23.8. The monoisotopic (exact) mass is 496 g/mol. The minimum atomic E-state index is -4.19. The number of aliphatic hydroxyl groups is 1. The first-order chi connectivity index (χ1) is 17.0. The molecular weight excluding hydrogens is 476 g/mol. The van der Waals surface area contributed by atoms with Crippen molar-refractivity contribution < 1.29 is 27.7 Å². The number of benzene rings is 1. The van der Waals surface area contributed by atoms with Crippen molar-refractivity contribution in [3.63, 3.8) is 0 Å². The Labute approximate surface area is 200 Å². The van der Waals surface area contributed by atoms with E-state index in [0.29, 0.717) is 5.75 Å². The quantitative estimate of drug-likeness (QED) is 0.332. The summed E-state index contributed by atoms with van der Waals surface area (Å²) in [5, 5.41) is 9.07. The van der Waals surface area contributed by atoms with Crippen LogP contribution in [-0.2, 0) is 10.0 Å². The van der Waals surface area contributed by atoms with Gasteiger partial charge in [0, 0.05) is 18.6 Å². The van der Waals surface area contributed by atoms with Crippen molar-refractivity contribution in [1.29, 1.82) is 0 Å². The van der Waals surface area contributed by atoms with Gasteiger partial charge in [0.2, 0.25) is 11.6 Å². The van der Waals surface area contributed by atoms with E-state index in [1.165, 1.54) is 37.8 Å². The number of para-hydroxylation sites is 2. The third kappa shape index (κ3) is 5.59. The number of pyridine rings is 1. The first-order valence-electron chi connectivity index (χ1n) is 10.2. The molecule has 0 unspecified atom stereocenters. The summed E-state index contributed by atoms with van der Waals surface area (Å²) in [4.78, 5) is 20.7. The standard InChI is InChI=1S/C22H20N6O6S/c1-32-15-7-2-3-8-16(15)34-18-19(28-35(30,31)17-9-4-5-10-23-17)26-21(20-24-11-6-12-25-20)27-22(18)33-14-13-29/h2-12,29H,13-14H2,1H3,(H,26,27,28). The summed E-state index contributed by atoms with van der Waals surface area (Å²) in [6.45, 7) is -0.481. The molecule has 0 fully saturated rings. The second-order valence-electron chi connectivity index (χ2n) is 6.70. The third-order valence-electron chi connectivity index (χ3n) is 4.36. The van der Waals surface area contributed by atoms with E-state index in [2.05, 4.69) is 29.6 Å². The fraction of sp³-hybridized carbons (Fsp3) is 0.136. The predicted octanol–water partition coefficient (Wildman–Crippen LogP) is 2.30. The third-order valence-corrected chi connectivity index (χ3v) is 5.61. The highest BCUT2D eigenvalue weighted by molar-refractivity contribution is 7.92. The van der Waals surface area contributed by atoms with Gasteiger partial charge >= 0.3 is 0 Å². The van der Waals surface area contributed by atoms with Crippen LogP contribution < -0.4 is 18.9 Å². The van der Waals surface area contributed by atoms with Gasteiger partial charge in [0.1, 0.15) is 6.61 Å². The molecule has 0 bridgehead atoms. The molecule has 1 aromatic carbocycles. The van der Waals surface area contributed by atoms with Crippen LogP contribution in [0.25, 0.3) is 11.6 Å². The van der Waals surface area contributed by atoms with E-state index in [9.17, 15) is 13.5 Å². The number of nitrogens with zero attached hydrogens (tertiary/aromatic N) is 5. The Morgan fingerprint density at radius 2 is 1.60 bits per heavy atom. The molecule has 0 aliphatic carbocycles. The average molecular weight is 497 g/mol. The van der Waals surface area contributed by atoms with Crippen LogP contribution in [-0.4, -0.2) is 58.8 Å². The highest BCUT2D eigenvalue weighted by atomic mass is 32.2. The van der Waals surface area contributed by atoms with E-state index in [1.54, 1.807) is 36.4 Å². The van der Waals surface area contributed by atoms with Crippen molar-refractivity contribution in [1.82, 2.24) is 24.9 Å². The van der Waals surface area contributed by atoms with Crippen LogP contribution in [0.2, 0.25) is 0 Å². The maximum Gasteiger partial charge on any atom is 0.280 e. The molecule has 35 heavy (non-hydrogen) atoms. The molecule has 0 amide bonds. The molecule has 0 spiro atoms. The van der Waals surface area contributed by atoms with Crippen LogP contribution >= 0.6 is 0 Å². The molecule has 0 saturated carbocycles. The molecule has 2 N–H and O–H groups in total. The smallest absolute Gasteiger partial charge is 0.280 e. The van der Waals surface area contributed by atoms with Crippen molar-refractivity contribution in [3.05, 3.63) is 67.1 Å². The molecule has 0 aliphatic rings. The van der Waals surface area contributed by atoms with Gasteiger partial charge in [-0.2, -0.15) is 13.4 Å². The molecule has 3 aromatic heterocycles. The van der Waals surface area contributed by atoms with Crippen LogP contribution in [0.1, 0.15) is 0 Å². The Hall–Kier alpha value is -4.36. The number of sulfonamides is 1. The van der Waals surface area contributed by atoms with Crippen molar-refractivity contribution in [2.24, 2.45) is 0 Å². The summed E-state index contributed by atoms with van der Waals surface area (Å²) >= 11 is 0. The highest BCUT2D eigenvalue weighted by Crippen LogP contribution is 2.41. The Kier molecular flexibility index (Phi) is 7.28. The summed E-state index contributed by atoms with van der Waals surface area (Å²) in [5.74, 6) is 0.118. The maximum atomic E-state index is 13.1. The van der Waals surface area contributed by atoms with E-state index in [4.69, 9.17) is 14.2 Å². The number of hydrogen-bond donors (Lipinski definition) is 2. The van der Waals surface area contributed by atoms with Gasteiger partial charge in [-0.1, -0.05) is 18.2 Å². The van der Waals surface area contributed by atoms with Gasteiger partial charge in [0.15, 0.2) is 28.2 Å². The largest absolute Gasteiger partial charge is 0.493 e. The fourth-order valence-electron chi connectivity index (χ4n) is 2.84. The van der Waals surface area contributed by atoms with Crippen molar-refractivity contribution >= 4 is 15.8 Å². The van der Waals surface area contributed by atoms with E-state index in [-0.39, 0.29) is 53.1 Å². The molecule has 0 radical (unpaired) electrons. The van der Waals surface area contributed by atoms with E-state index in [1.807, 2.05) is 0 Å². The Balaban J connectivity index is 1.88. The van der Waals surface area contributed by atoms with Crippen LogP contribution in [0.3, 0.4) is 0 Å². The Morgan fingerprint density at radius 3 is 2.29 bits per heavy atom. The molecule has 180 valence electrons. The molecular formula is C22H20N6O6S. The van der Waals surface area contributed by atoms with Gasteiger partial charge < -0.3 is 19.3 Å². The van der Waals surface area contributed by atoms with Gasteiger partial charge in [0.05, 0.1) is 13.7 Å².